The van der Waals surface area contributed by atoms with Crippen LogP contribution < -0.4 is 10.5 Å². The molecule has 0 saturated heterocycles. The molecular weight excluding hydrogens is 286 g/mol. The Balaban J connectivity index is 1.75. The fraction of sp³-hybridized carbons (Fsp3) is 0.250. The molecule has 0 aliphatic carbocycles. The van der Waals surface area contributed by atoms with E-state index >= 15 is 0 Å². The third-order valence-electron chi connectivity index (χ3n) is 3.63. The minimum atomic E-state index is -3.31. The second-order valence-corrected chi connectivity index (χ2v) is 7.29. The molecule has 3 rings (SSSR count). The van der Waals surface area contributed by atoms with Crippen molar-refractivity contribution in [1.82, 2.24) is 0 Å². The van der Waals surface area contributed by atoms with Crippen molar-refractivity contribution in [3.05, 3.63) is 53.6 Å². The number of hydrogen-bond acceptors (Lipinski definition) is 4. The van der Waals surface area contributed by atoms with Crippen molar-refractivity contribution in [1.29, 1.82) is 0 Å². The molecule has 21 heavy (non-hydrogen) atoms. The highest BCUT2D eigenvalue weighted by atomic mass is 32.2. The Bertz CT molecular complexity index is 769. The van der Waals surface area contributed by atoms with Crippen LogP contribution in [0, 0.1) is 0 Å². The summed E-state index contributed by atoms with van der Waals surface area (Å²) in [6.07, 6.45) is 1.38. The summed E-state index contributed by atoms with van der Waals surface area (Å²) >= 11 is 0. The summed E-state index contributed by atoms with van der Waals surface area (Å²) in [5.74, 6) is 0.994. The van der Waals surface area contributed by atoms with E-state index in [1.807, 2.05) is 18.2 Å². The van der Waals surface area contributed by atoms with Crippen LogP contribution >= 0.6 is 0 Å². The third-order valence-corrected chi connectivity index (χ3v) is 5.34. The Labute approximate surface area is 124 Å². The van der Waals surface area contributed by atoms with Crippen LogP contribution in [0.4, 0.5) is 5.69 Å². The van der Waals surface area contributed by atoms with Gasteiger partial charge in [-0.2, -0.15) is 0 Å². The zero-order chi connectivity index (χ0) is 14.9. The molecule has 2 aromatic rings. The molecule has 2 N–H and O–H groups in total. The van der Waals surface area contributed by atoms with Gasteiger partial charge in [0.15, 0.2) is 9.84 Å². The van der Waals surface area contributed by atoms with E-state index in [2.05, 4.69) is 0 Å². The number of ether oxygens (including phenoxy) is 1. The molecular formula is C16H17NO3S. The molecule has 0 saturated carbocycles. The fourth-order valence-electron chi connectivity index (χ4n) is 2.47. The molecule has 1 aliphatic rings. The Kier molecular flexibility index (Phi) is 3.59. The Hall–Kier alpha value is -2.01. The first-order chi connectivity index (χ1) is 10.0. The van der Waals surface area contributed by atoms with Crippen molar-refractivity contribution in [3.8, 4) is 5.75 Å². The van der Waals surface area contributed by atoms with Gasteiger partial charge in [0.1, 0.15) is 5.75 Å². The summed E-state index contributed by atoms with van der Waals surface area (Å²) < 4.78 is 30.1. The van der Waals surface area contributed by atoms with E-state index in [9.17, 15) is 8.42 Å². The summed E-state index contributed by atoms with van der Waals surface area (Å²) in [5.41, 5.74) is 8.29. The highest BCUT2D eigenvalue weighted by molar-refractivity contribution is 7.91. The van der Waals surface area contributed by atoms with Crippen LogP contribution in [-0.4, -0.2) is 20.8 Å². The summed E-state index contributed by atoms with van der Waals surface area (Å²) in [5, 5.41) is 0. The molecule has 0 bridgehead atoms. The molecule has 0 radical (unpaired) electrons. The molecule has 0 amide bonds. The van der Waals surface area contributed by atoms with Gasteiger partial charge in [-0.3, -0.25) is 0 Å². The van der Waals surface area contributed by atoms with Crippen molar-refractivity contribution < 1.29 is 13.2 Å². The molecule has 0 unspecified atom stereocenters. The molecule has 5 heteroatoms. The smallest absolute Gasteiger partial charge is 0.178 e. The van der Waals surface area contributed by atoms with Gasteiger partial charge in [-0.1, -0.05) is 18.2 Å². The average Bonchev–Trinajstić information content (AvgIpc) is 2.93. The monoisotopic (exact) mass is 303 g/mol. The molecule has 0 fully saturated rings. The summed E-state index contributed by atoms with van der Waals surface area (Å²) in [6, 6.07) is 12.3. The van der Waals surface area contributed by atoms with Gasteiger partial charge in [-0.15, -0.1) is 0 Å². The minimum absolute atomic E-state index is 0.0795. The lowest BCUT2D eigenvalue weighted by Crippen LogP contribution is -2.09. The van der Waals surface area contributed by atoms with Crippen LogP contribution in [-0.2, 0) is 22.7 Å². The maximum Gasteiger partial charge on any atom is 0.178 e. The van der Waals surface area contributed by atoms with Gasteiger partial charge in [0.25, 0.3) is 0 Å². The molecule has 1 aliphatic heterocycles. The normalized spacial score (nSPS) is 13.7. The van der Waals surface area contributed by atoms with E-state index < -0.39 is 9.84 Å². The van der Waals surface area contributed by atoms with Crippen LogP contribution in [0.1, 0.15) is 11.1 Å². The summed E-state index contributed by atoms with van der Waals surface area (Å²) in [4.78, 5) is 0.284. The Morgan fingerprint density at radius 2 is 2.00 bits per heavy atom. The topological polar surface area (TPSA) is 69.4 Å². The molecule has 110 valence electrons. The SMILES string of the molecule is Nc1cccc(S(=O)(=O)CCc2ccc3c(c2)CCO3)c1. The number of nitrogens with two attached hydrogens (primary N) is 1. The number of rotatable bonds is 4. The van der Waals surface area contributed by atoms with Gasteiger partial charge >= 0.3 is 0 Å². The van der Waals surface area contributed by atoms with Crippen LogP contribution in [0.15, 0.2) is 47.4 Å². The number of hydrogen-bond donors (Lipinski definition) is 1. The van der Waals surface area contributed by atoms with E-state index in [4.69, 9.17) is 10.5 Å². The van der Waals surface area contributed by atoms with Crippen LogP contribution in [0.5, 0.6) is 5.75 Å². The molecule has 0 atom stereocenters. The second-order valence-electron chi connectivity index (χ2n) is 5.18. The largest absolute Gasteiger partial charge is 0.493 e. The van der Waals surface area contributed by atoms with Crippen LogP contribution in [0.25, 0.3) is 0 Å². The van der Waals surface area contributed by atoms with Crippen LogP contribution in [0.3, 0.4) is 0 Å². The van der Waals surface area contributed by atoms with Gasteiger partial charge in [-0.25, -0.2) is 8.42 Å². The molecule has 1 heterocycles. The number of aryl methyl sites for hydroxylation is 1. The third kappa shape index (κ3) is 3.03. The zero-order valence-electron chi connectivity index (χ0n) is 11.6. The quantitative estimate of drug-likeness (QED) is 0.879. The van der Waals surface area contributed by atoms with E-state index in [-0.39, 0.29) is 10.6 Å². The number of fused-ring (bicyclic) bond motifs is 1. The first kappa shape index (κ1) is 13.9. The summed E-state index contributed by atoms with van der Waals surface area (Å²) in [6.45, 7) is 0.709. The Morgan fingerprint density at radius 3 is 2.81 bits per heavy atom. The van der Waals surface area contributed by atoms with Gasteiger partial charge in [0, 0.05) is 12.1 Å². The average molecular weight is 303 g/mol. The van der Waals surface area contributed by atoms with E-state index in [0.29, 0.717) is 18.7 Å². The molecule has 0 spiro atoms. The van der Waals surface area contributed by atoms with Crippen molar-refractivity contribution in [2.24, 2.45) is 0 Å². The fourth-order valence-corrected chi connectivity index (χ4v) is 3.82. The maximum atomic E-state index is 12.3. The Morgan fingerprint density at radius 1 is 1.14 bits per heavy atom. The van der Waals surface area contributed by atoms with Crippen molar-refractivity contribution in [2.45, 2.75) is 17.7 Å². The van der Waals surface area contributed by atoms with E-state index in [0.717, 1.165) is 23.3 Å². The number of anilines is 1. The molecule has 4 nitrogen and oxygen atoms in total. The lowest BCUT2D eigenvalue weighted by molar-refractivity contribution is 0.357. The van der Waals surface area contributed by atoms with Gasteiger partial charge in [0.2, 0.25) is 0 Å². The lowest BCUT2D eigenvalue weighted by atomic mass is 10.1. The van der Waals surface area contributed by atoms with E-state index in [1.54, 1.807) is 18.2 Å². The number of benzene rings is 2. The van der Waals surface area contributed by atoms with Gasteiger partial charge < -0.3 is 10.5 Å². The predicted octanol–water partition coefficient (Wildman–Crippen LogP) is 2.22. The number of nitrogen functional groups attached to an aromatic ring is 1. The first-order valence-corrected chi connectivity index (χ1v) is 8.53. The van der Waals surface area contributed by atoms with Crippen molar-refractivity contribution >= 4 is 15.5 Å². The van der Waals surface area contributed by atoms with Crippen LogP contribution in [0.2, 0.25) is 0 Å². The molecule has 2 aromatic carbocycles. The van der Waals surface area contributed by atoms with Gasteiger partial charge in [-0.05, 0) is 41.8 Å². The maximum absolute atomic E-state index is 12.3. The van der Waals surface area contributed by atoms with Crippen molar-refractivity contribution in [3.63, 3.8) is 0 Å². The lowest BCUT2D eigenvalue weighted by Gasteiger charge is -2.07. The highest BCUT2D eigenvalue weighted by Gasteiger charge is 2.16. The highest BCUT2D eigenvalue weighted by Crippen LogP contribution is 2.26. The molecule has 0 aromatic heterocycles. The van der Waals surface area contributed by atoms with E-state index in [1.165, 1.54) is 6.07 Å². The van der Waals surface area contributed by atoms with Gasteiger partial charge in [0.05, 0.1) is 17.3 Å². The second kappa shape index (κ2) is 5.41. The summed E-state index contributed by atoms with van der Waals surface area (Å²) in [7, 11) is -3.31. The zero-order valence-corrected chi connectivity index (χ0v) is 12.4. The number of sulfone groups is 1. The predicted molar refractivity (Wildman–Crippen MR) is 82.3 cm³/mol. The first-order valence-electron chi connectivity index (χ1n) is 6.87. The minimum Gasteiger partial charge on any atom is -0.493 e. The standard InChI is InChI=1S/C16H17NO3S/c17-14-2-1-3-15(11-14)21(18,19)9-7-12-4-5-16-13(10-12)6-8-20-16/h1-5,10-11H,6-9,17H2. The van der Waals surface area contributed by atoms with Crippen molar-refractivity contribution in [2.75, 3.05) is 18.1 Å².